The zero-order valence-electron chi connectivity index (χ0n) is 31.5. The van der Waals surface area contributed by atoms with Crippen molar-refractivity contribution in [2.24, 2.45) is 4.99 Å². The lowest BCUT2D eigenvalue weighted by Gasteiger charge is -2.29. The number of hydroxylamine groups is 2. The van der Waals surface area contributed by atoms with Gasteiger partial charge in [0.15, 0.2) is 0 Å². The van der Waals surface area contributed by atoms with Crippen LogP contribution in [0.5, 0.6) is 5.75 Å². The number of sulfonamides is 1. The van der Waals surface area contributed by atoms with E-state index in [1.807, 2.05) is 33.2 Å². The van der Waals surface area contributed by atoms with Crippen molar-refractivity contribution >= 4 is 55.2 Å². The van der Waals surface area contributed by atoms with Gasteiger partial charge in [-0.15, -0.1) is 5.06 Å². The van der Waals surface area contributed by atoms with Gasteiger partial charge in [0, 0.05) is 31.4 Å². The number of imide groups is 1. The third-order valence-electron chi connectivity index (χ3n) is 8.92. The van der Waals surface area contributed by atoms with E-state index in [2.05, 4.69) is 9.71 Å². The number of carbonyl (C=O) groups excluding carboxylic acids is 4. The van der Waals surface area contributed by atoms with Gasteiger partial charge < -0.3 is 14.1 Å². The highest BCUT2D eigenvalue weighted by atomic mass is 32.2. The Kier molecular flexibility index (Phi) is 14.2. The highest BCUT2D eigenvalue weighted by Gasteiger charge is 2.33. The number of nitrogens with one attached hydrogen (secondary N) is 1. The average Bonchev–Trinajstić information content (AvgIpc) is 3.41. The Morgan fingerprint density at radius 3 is 2.16 bits per heavy atom. The molecule has 1 saturated heterocycles. The molecule has 4 rings (SSSR count). The molecule has 15 nitrogen and oxygen atoms in total. The van der Waals surface area contributed by atoms with Crippen LogP contribution in [0.1, 0.15) is 58.3 Å². The summed E-state index contributed by atoms with van der Waals surface area (Å²) in [5.74, 6) is -3.17. The Morgan fingerprint density at radius 1 is 0.891 bits per heavy atom. The van der Waals surface area contributed by atoms with Crippen molar-refractivity contribution in [2.45, 2.75) is 46.5 Å². The van der Waals surface area contributed by atoms with E-state index in [0.29, 0.717) is 50.6 Å². The van der Waals surface area contributed by atoms with E-state index < -0.39 is 43.9 Å². The summed E-state index contributed by atoms with van der Waals surface area (Å²) >= 11 is 0. The molecule has 2 aliphatic rings. The third-order valence-corrected chi connectivity index (χ3v) is 11.2. The molecule has 1 fully saturated rings. The van der Waals surface area contributed by atoms with E-state index >= 15 is 0 Å². The second-order valence-corrected chi connectivity index (χ2v) is 17.5. The van der Waals surface area contributed by atoms with E-state index in [0.717, 1.165) is 5.56 Å². The number of allylic oxidation sites excluding steroid dienone is 5. The number of likely N-dealkylation sites (N-methyl/N-ethyl adjacent to an activating group) is 1. The highest BCUT2D eigenvalue weighted by Crippen LogP contribution is 2.31. The van der Waals surface area contributed by atoms with Gasteiger partial charge in [-0.3, -0.25) is 19.1 Å². The van der Waals surface area contributed by atoms with Gasteiger partial charge in [-0.25, -0.2) is 22.7 Å². The minimum absolute atomic E-state index is 0.0400. The fourth-order valence-corrected chi connectivity index (χ4v) is 7.57. The number of hydrogen-bond acceptors (Lipinski definition) is 11. The quantitative estimate of drug-likeness (QED) is 0.0452. The summed E-state index contributed by atoms with van der Waals surface area (Å²) in [6, 6.07) is 10.2. The number of quaternary nitrogens is 1. The number of ether oxygens (including phenoxy) is 1. The van der Waals surface area contributed by atoms with Crippen LogP contribution in [0.3, 0.4) is 0 Å². The van der Waals surface area contributed by atoms with Crippen molar-refractivity contribution < 1.29 is 54.6 Å². The van der Waals surface area contributed by atoms with Crippen LogP contribution in [0.4, 0.5) is 0 Å². The van der Waals surface area contributed by atoms with E-state index in [1.54, 1.807) is 50.3 Å². The van der Waals surface area contributed by atoms with Gasteiger partial charge in [-0.1, -0.05) is 42.5 Å². The molecule has 2 aromatic carbocycles. The number of nitrogens with zero attached hydrogens (tertiary/aromatic N) is 3. The normalized spacial score (nSPS) is 16.5. The number of carbonyl (C=O) groups is 4. The topological polar surface area (TPSA) is 203 Å². The highest BCUT2D eigenvalue weighted by molar-refractivity contribution is 7.89. The minimum Gasteiger partial charge on any atom is -0.422 e. The fraction of sp³-hybridized carbons (Fsp3) is 0.395. The van der Waals surface area contributed by atoms with Gasteiger partial charge in [0.05, 0.1) is 62.1 Å². The molecule has 0 unspecified atom stereocenters. The molecular formula is C38H47N4O11S2+. The van der Waals surface area contributed by atoms with Crippen LogP contribution < -0.4 is 9.46 Å². The molecule has 2 N–H and O–H groups in total. The maximum atomic E-state index is 14.2. The van der Waals surface area contributed by atoms with Crippen LogP contribution in [-0.2, 0) is 39.4 Å². The molecule has 0 atom stereocenters. The second kappa shape index (κ2) is 18.2. The first-order chi connectivity index (χ1) is 25.8. The molecular weight excluding hydrogens is 753 g/mol. The third kappa shape index (κ3) is 12.3. The van der Waals surface area contributed by atoms with Crippen LogP contribution in [0.25, 0.3) is 5.57 Å². The molecule has 2 aromatic rings. The monoisotopic (exact) mass is 799 g/mol. The van der Waals surface area contributed by atoms with Crippen molar-refractivity contribution in [2.75, 3.05) is 51.8 Å². The van der Waals surface area contributed by atoms with E-state index in [9.17, 15) is 36.0 Å². The SMILES string of the molecule is Cc1ccccc1/C(C(=O)Oc1c(C)cc(C(=O)ON2C(=O)CCC2=O)cc1C)=C1/C=CC=CC1=NCCCS(=O)(=O)NCC[N+](C)(C)CCCS(=O)(=O)O. The molecule has 296 valence electrons. The van der Waals surface area contributed by atoms with Crippen LogP contribution in [-0.4, -0.2) is 112 Å². The summed E-state index contributed by atoms with van der Waals surface area (Å²) in [7, 11) is -4.02. The predicted molar refractivity (Wildman–Crippen MR) is 206 cm³/mol. The zero-order valence-corrected chi connectivity index (χ0v) is 33.2. The maximum absolute atomic E-state index is 14.2. The van der Waals surface area contributed by atoms with Crippen molar-refractivity contribution in [3.05, 3.63) is 94.1 Å². The van der Waals surface area contributed by atoms with Gasteiger partial charge in [0.25, 0.3) is 21.9 Å². The Hall–Kier alpha value is -4.81. The number of rotatable bonds is 17. The van der Waals surface area contributed by atoms with Gasteiger partial charge in [-0.2, -0.15) is 8.42 Å². The molecule has 0 aromatic heterocycles. The number of amides is 2. The Labute approximate surface area is 321 Å². The van der Waals surface area contributed by atoms with Crippen molar-refractivity contribution in [3.8, 4) is 5.75 Å². The first-order valence-electron chi connectivity index (χ1n) is 17.6. The lowest BCUT2D eigenvalue weighted by molar-refractivity contribution is -0.889. The fourth-order valence-electron chi connectivity index (χ4n) is 6.02. The Bertz CT molecular complexity index is 2150. The van der Waals surface area contributed by atoms with E-state index in [1.165, 1.54) is 12.1 Å². The lowest BCUT2D eigenvalue weighted by atomic mass is 9.91. The number of aryl methyl sites for hydroxylation is 3. The van der Waals surface area contributed by atoms with Crippen LogP contribution in [0, 0.1) is 20.8 Å². The summed E-state index contributed by atoms with van der Waals surface area (Å²) in [5.41, 5.74) is 3.43. The molecule has 0 saturated carbocycles. The predicted octanol–water partition coefficient (Wildman–Crippen LogP) is 3.42. The van der Waals surface area contributed by atoms with Gasteiger partial charge in [-0.05, 0) is 67.7 Å². The van der Waals surface area contributed by atoms with Crippen molar-refractivity contribution in [1.82, 2.24) is 9.79 Å². The van der Waals surface area contributed by atoms with Gasteiger partial charge in [0.1, 0.15) is 5.75 Å². The molecule has 55 heavy (non-hydrogen) atoms. The largest absolute Gasteiger partial charge is 0.422 e. The summed E-state index contributed by atoms with van der Waals surface area (Å²) in [6.07, 6.45) is 7.31. The number of aliphatic imine (C=N–C) groups is 1. The summed E-state index contributed by atoms with van der Waals surface area (Å²) in [4.78, 5) is 60.6. The van der Waals surface area contributed by atoms with E-state index in [4.69, 9.17) is 14.1 Å². The summed E-state index contributed by atoms with van der Waals surface area (Å²) in [6.45, 7) is 6.27. The number of benzene rings is 2. The molecule has 2 amide bonds. The first kappa shape index (κ1) is 42.9. The standard InChI is InChI=1S/C38H46N4O11S2/c1-26-12-6-7-13-30(26)35(38(46)52-36-27(2)24-29(25-28(36)3)37(45)53-41-33(43)16-17-34(41)44)31-14-8-9-15-32(31)39-18-10-22-54(47,48)40-19-21-42(4,5)20-11-23-55(49,50)51/h6-9,12-15,24-25,40H,10-11,16-23H2,1-5H3/p+1/b35-31+,39-32?. The van der Waals surface area contributed by atoms with Crippen LogP contribution in [0.2, 0.25) is 0 Å². The molecule has 1 aliphatic heterocycles. The van der Waals surface area contributed by atoms with Crippen LogP contribution >= 0.6 is 0 Å². The molecule has 0 bridgehead atoms. The van der Waals surface area contributed by atoms with Crippen molar-refractivity contribution in [1.29, 1.82) is 0 Å². The van der Waals surface area contributed by atoms with Crippen LogP contribution in [0.15, 0.2) is 71.3 Å². The first-order valence-corrected chi connectivity index (χ1v) is 20.9. The Balaban J connectivity index is 1.49. The number of hydrogen-bond donors (Lipinski definition) is 2. The van der Waals surface area contributed by atoms with Gasteiger partial charge in [0.2, 0.25) is 10.0 Å². The Morgan fingerprint density at radius 2 is 1.53 bits per heavy atom. The van der Waals surface area contributed by atoms with E-state index in [-0.39, 0.29) is 67.2 Å². The lowest BCUT2D eigenvalue weighted by Crippen LogP contribution is -2.46. The number of esters is 1. The molecule has 0 spiro atoms. The second-order valence-electron chi connectivity index (χ2n) is 14.0. The molecule has 1 heterocycles. The maximum Gasteiger partial charge on any atom is 0.363 e. The average molecular weight is 800 g/mol. The molecule has 0 radical (unpaired) electrons. The minimum atomic E-state index is -4.06. The molecule has 1 aliphatic carbocycles. The molecule has 17 heteroatoms. The smallest absolute Gasteiger partial charge is 0.363 e. The zero-order chi connectivity index (χ0) is 40.6. The van der Waals surface area contributed by atoms with Crippen molar-refractivity contribution in [3.63, 3.8) is 0 Å². The summed E-state index contributed by atoms with van der Waals surface area (Å²) in [5, 5.41) is 0.466. The van der Waals surface area contributed by atoms with Gasteiger partial charge >= 0.3 is 11.9 Å². The summed E-state index contributed by atoms with van der Waals surface area (Å²) < 4.78 is 65.4.